The molecule has 1 spiro atoms. The van der Waals surface area contributed by atoms with E-state index in [1.54, 1.807) is 0 Å². The smallest absolute Gasteiger partial charge is 0.0661 e. The van der Waals surface area contributed by atoms with Crippen molar-refractivity contribution in [1.29, 1.82) is 0 Å². The molecule has 0 aromatic heterocycles. The summed E-state index contributed by atoms with van der Waals surface area (Å²) >= 11 is 0. The van der Waals surface area contributed by atoms with Crippen molar-refractivity contribution in [2.24, 2.45) is 5.41 Å². The number of piperidine rings is 1. The fraction of sp³-hybridized carbons (Fsp3) is 1.00. The summed E-state index contributed by atoms with van der Waals surface area (Å²) in [6.45, 7) is 5.54. The third kappa shape index (κ3) is 2.77. The highest BCUT2D eigenvalue weighted by Gasteiger charge is 2.55. The highest BCUT2D eigenvalue weighted by molar-refractivity contribution is 5.09. The van der Waals surface area contributed by atoms with Crippen LogP contribution in [0.1, 0.15) is 58.3 Å². The van der Waals surface area contributed by atoms with Gasteiger partial charge in [-0.15, -0.1) is 0 Å². The van der Waals surface area contributed by atoms with Crippen molar-refractivity contribution in [2.45, 2.75) is 76.5 Å². The topological polar surface area (TPSA) is 24.5 Å². The summed E-state index contributed by atoms with van der Waals surface area (Å²) in [5.74, 6) is 0. The Morgan fingerprint density at radius 3 is 2.50 bits per heavy atom. The van der Waals surface area contributed by atoms with Crippen LogP contribution in [0.15, 0.2) is 0 Å². The summed E-state index contributed by atoms with van der Waals surface area (Å²) < 4.78 is 6.06. The van der Waals surface area contributed by atoms with E-state index in [1.807, 2.05) is 0 Å². The number of nitrogens with one attached hydrogen (secondary N) is 1. The van der Waals surface area contributed by atoms with E-state index in [9.17, 15) is 0 Å². The number of nitrogens with zero attached hydrogens (tertiary/aromatic N) is 1. The highest BCUT2D eigenvalue weighted by Crippen LogP contribution is 2.53. The number of likely N-dealkylation sites (tertiary alicyclic amines) is 1. The van der Waals surface area contributed by atoms with Crippen LogP contribution in [-0.4, -0.2) is 49.8 Å². The molecule has 1 heterocycles. The normalized spacial score (nSPS) is 35.1. The quantitative estimate of drug-likeness (QED) is 0.857. The Hall–Kier alpha value is -0.120. The van der Waals surface area contributed by atoms with Crippen LogP contribution in [0.4, 0.5) is 0 Å². The zero-order valence-electron chi connectivity index (χ0n) is 13.4. The maximum Gasteiger partial charge on any atom is 0.0661 e. The highest BCUT2D eigenvalue weighted by atomic mass is 16.5. The van der Waals surface area contributed by atoms with Crippen LogP contribution >= 0.6 is 0 Å². The molecule has 3 rings (SSSR count). The van der Waals surface area contributed by atoms with Crippen molar-refractivity contribution in [3.05, 3.63) is 0 Å². The van der Waals surface area contributed by atoms with Gasteiger partial charge in [-0.05, 0) is 59.2 Å². The van der Waals surface area contributed by atoms with E-state index >= 15 is 0 Å². The molecule has 3 nitrogen and oxygen atoms in total. The first-order chi connectivity index (χ1) is 9.74. The molecule has 20 heavy (non-hydrogen) atoms. The van der Waals surface area contributed by atoms with Gasteiger partial charge in [0.1, 0.15) is 0 Å². The molecule has 3 fully saturated rings. The van der Waals surface area contributed by atoms with Gasteiger partial charge in [-0.3, -0.25) is 0 Å². The van der Waals surface area contributed by atoms with Crippen molar-refractivity contribution in [1.82, 2.24) is 10.2 Å². The molecule has 2 saturated carbocycles. The molecular weight excluding hydrogens is 248 g/mol. The van der Waals surface area contributed by atoms with E-state index in [1.165, 1.54) is 64.5 Å². The second kappa shape index (κ2) is 6.33. The lowest BCUT2D eigenvalue weighted by Gasteiger charge is -2.59. The van der Waals surface area contributed by atoms with Gasteiger partial charge in [0.15, 0.2) is 0 Å². The third-order valence-corrected chi connectivity index (χ3v) is 6.09. The lowest BCUT2D eigenvalue weighted by molar-refractivity contribution is -0.152. The maximum atomic E-state index is 6.06. The van der Waals surface area contributed by atoms with Crippen molar-refractivity contribution >= 4 is 0 Å². The number of rotatable bonds is 4. The molecule has 2 unspecified atom stereocenters. The van der Waals surface area contributed by atoms with Gasteiger partial charge in [0, 0.05) is 24.1 Å². The fourth-order valence-corrected chi connectivity index (χ4v) is 4.76. The Morgan fingerprint density at radius 2 is 1.85 bits per heavy atom. The lowest BCUT2D eigenvalue weighted by atomic mass is 9.55. The van der Waals surface area contributed by atoms with Gasteiger partial charge < -0.3 is 15.0 Å². The largest absolute Gasteiger partial charge is 0.378 e. The summed E-state index contributed by atoms with van der Waals surface area (Å²) in [7, 11) is 2.24. The monoisotopic (exact) mass is 280 g/mol. The summed E-state index contributed by atoms with van der Waals surface area (Å²) in [6, 6.07) is 1.48. The van der Waals surface area contributed by atoms with Crippen LogP contribution in [0, 0.1) is 5.41 Å². The zero-order chi connectivity index (χ0) is 14.0. The predicted molar refractivity (Wildman–Crippen MR) is 83.0 cm³/mol. The Kier molecular flexibility index (Phi) is 4.68. The van der Waals surface area contributed by atoms with E-state index in [0.29, 0.717) is 11.5 Å². The van der Waals surface area contributed by atoms with Crippen molar-refractivity contribution in [3.63, 3.8) is 0 Å². The molecule has 0 amide bonds. The summed E-state index contributed by atoms with van der Waals surface area (Å²) in [5.41, 5.74) is 0.484. The van der Waals surface area contributed by atoms with Gasteiger partial charge in [0.05, 0.1) is 6.10 Å². The first-order valence-electron chi connectivity index (χ1n) is 8.81. The van der Waals surface area contributed by atoms with Crippen LogP contribution in [0.3, 0.4) is 0 Å². The van der Waals surface area contributed by atoms with Crippen LogP contribution in [0.5, 0.6) is 0 Å². The van der Waals surface area contributed by atoms with Gasteiger partial charge >= 0.3 is 0 Å². The van der Waals surface area contributed by atoms with Crippen molar-refractivity contribution in [2.75, 3.05) is 26.7 Å². The standard InChI is InChI=1S/C17H32N2O/c1-3-20-16-13-15(17(16)9-5-4-6-10-17)18-14-7-11-19(2)12-8-14/h14-16,18H,3-13H2,1-2H3. The van der Waals surface area contributed by atoms with Gasteiger partial charge in [-0.1, -0.05) is 19.3 Å². The molecule has 2 atom stereocenters. The van der Waals surface area contributed by atoms with Gasteiger partial charge in [0.25, 0.3) is 0 Å². The average Bonchev–Trinajstić information content (AvgIpc) is 2.49. The third-order valence-electron chi connectivity index (χ3n) is 6.09. The summed E-state index contributed by atoms with van der Waals surface area (Å²) in [5, 5.41) is 4.02. The first-order valence-corrected chi connectivity index (χ1v) is 8.81. The van der Waals surface area contributed by atoms with Crippen LogP contribution in [0.25, 0.3) is 0 Å². The molecule has 1 aliphatic heterocycles. The van der Waals surface area contributed by atoms with E-state index in [-0.39, 0.29) is 0 Å². The minimum Gasteiger partial charge on any atom is -0.378 e. The second-order valence-electron chi connectivity index (χ2n) is 7.27. The first kappa shape index (κ1) is 14.8. The molecule has 0 aromatic carbocycles. The second-order valence-corrected chi connectivity index (χ2v) is 7.27. The van der Waals surface area contributed by atoms with Gasteiger partial charge in [0.2, 0.25) is 0 Å². The predicted octanol–water partition coefficient (Wildman–Crippen LogP) is 2.80. The molecule has 1 N–H and O–H groups in total. The molecule has 1 saturated heterocycles. The number of hydrogen-bond donors (Lipinski definition) is 1. The Bertz CT molecular complexity index is 306. The number of ether oxygens (including phenoxy) is 1. The van der Waals surface area contributed by atoms with Crippen LogP contribution < -0.4 is 5.32 Å². The molecule has 3 heteroatoms. The van der Waals surface area contributed by atoms with Crippen LogP contribution in [-0.2, 0) is 4.74 Å². The molecule has 116 valence electrons. The van der Waals surface area contributed by atoms with E-state index < -0.39 is 0 Å². The average molecular weight is 280 g/mol. The van der Waals surface area contributed by atoms with E-state index in [0.717, 1.165) is 18.7 Å². The van der Waals surface area contributed by atoms with Crippen molar-refractivity contribution < 1.29 is 4.74 Å². The summed E-state index contributed by atoms with van der Waals surface area (Å²) in [6.07, 6.45) is 11.5. The molecule has 0 bridgehead atoms. The molecule has 0 aromatic rings. The van der Waals surface area contributed by atoms with Crippen molar-refractivity contribution in [3.8, 4) is 0 Å². The molecule has 2 aliphatic carbocycles. The Balaban J connectivity index is 1.58. The van der Waals surface area contributed by atoms with Gasteiger partial charge in [-0.25, -0.2) is 0 Å². The SMILES string of the molecule is CCOC1CC(NC2CCN(C)CC2)C12CCCCC2. The molecule has 3 aliphatic rings. The summed E-state index contributed by atoms with van der Waals surface area (Å²) in [4.78, 5) is 2.46. The van der Waals surface area contributed by atoms with Crippen LogP contribution in [0.2, 0.25) is 0 Å². The minimum absolute atomic E-state index is 0.484. The molecule has 0 radical (unpaired) electrons. The zero-order valence-corrected chi connectivity index (χ0v) is 13.4. The van der Waals surface area contributed by atoms with E-state index in [2.05, 4.69) is 24.2 Å². The lowest BCUT2D eigenvalue weighted by Crippen LogP contribution is -2.66. The Labute approximate surface area is 124 Å². The molecular formula is C17H32N2O. The maximum absolute atomic E-state index is 6.06. The fourth-order valence-electron chi connectivity index (χ4n) is 4.76. The number of hydrogen-bond acceptors (Lipinski definition) is 3. The van der Waals surface area contributed by atoms with E-state index in [4.69, 9.17) is 4.74 Å². The Morgan fingerprint density at radius 1 is 1.15 bits per heavy atom. The van der Waals surface area contributed by atoms with Gasteiger partial charge in [-0.2, -0.15) is 0 Å². The minimum atomic E-state index is 0.484.